The zero-order chi connectivity index (χ0) is 19.4. The quantitative estimate of drug-likeness (QED) is 0.485. The lowest BCUT2D eigenvalue weighted by Gasteiger charge is -2.14. The molecule has 2 rings (SSSR count). The fourth-order valence-electron chi connectivity index (χ4n) is 2.38. The van der Waals surface area contributed by atoms with Crippen molar-refractivity contribution in [3.63, 3.8) is 0 Å². The Bertz CT molecular complexity index is 921. The molecule has 0 aliphatic carbocycles. The fraction of sp³-hybridized carbons (Fsp3) is 0.278. The third kappa shape index (κ3) is 4.37. The zero-order valence-corrected chi connectivity index (χ0v) is 15.7. The first-order chi connectivity index (χ1) is 12.2. The number of nitrogens with zero attached hydrogens (tertiary/aromatic N) is 3. The van der Waals surface area contributed by atoms with Crippen molar-refractivity contribution in [1.82, 2.24) is 4.98 Å². The molecule has 0 radical (unpaired) electrons. The van der Waals surface area contributed by atoms with E-state index in [9.17, 15) is 20.2 Å². The van der Waals surface area contributed by atoms with E-state index >= 15 is 0 Å². The summed E-state index contributed by atoms with van der Waals surface area (Å²) in [5.74, 6) is -0.267. The highest BCUT2D eigenvalue weighted by molar-refractivity contribution is 8.00. The summed E-state index contributed by atoms with van der Waals surface area (Å²) in [7, 11) is 0. The zero-order valence-electron chi connectivity index (χ0n) is 14.9. The van der Waals surface area contributed by atoms with Crippen LogP contribution in [0.2, 0.25) is 0 Å². The average Bonchev–Trinajstić information content (AvgIpc) is 2.56. The summed E-state index contributed by atoms with van der Waals surface area (Å²) in [6.45, 7) is 7.09. The summed E-state index contributed by atoms with van der Waals surface area (Å²) >= 11 is 1.21. The predicted octanol–water partition coefficient (Wildman–Crippen LogP) is 3.91. The number of benzene rings is 1. The molecule has 7 nitrogen and oxygen atoms in total. The highest BCUT2D eigenvalue weighted by Crippen LogP contribution is 2.28. The maximum absolute atomic E-state index is 12.5. The molecule has 1 N–H and O–H groups in total. The second-order valence-corrected chi connectivity index (χ2v) is 7.21. The number of rotatable bonds is 5. The van der Waals surface area contributed by atoms with Gasteiger partial charge in [-0.05, 0) is 51.0 Å². The van der Waals surface area contributed by atoms with Crippen molar-refractivity contribution in [1.29, 1.82) is 5.26 Å². The summed E-state index contributed by atoms with van der Waals surface area (Å²) in [5, 5.41) is 22.9. The number of carbonyl (C=O) groups is 1. The van der Waals surface area contributed by atoms with Crippen LogP contribution in [0.5, 0.6) is 0 Å². The van der Waals surface area contributed by atoms with Crippen LogP contribution in [0.4, 0.5) is 11.4 Å². The second-order valence-electron chi connectivity index (χ2n) is 5.88. The summed E-state index contributed by atoms with van der Waals surface area (Å²) in [4.78, 5) is 27.2. The number of amides is 1. The van der Waals surface area contributed by atoms with Crippen molar-refractivity contribution in [2.45, 2.75) is 38.0 Å². The predicted molar refractivity (Wildman–Crippen MR) is 100 cm³/mol. The Morgan fingerprint density at radius 3 is 2.58 bits per heavy atom. The van der Waals surface area contributed by atoms with Gasteiger partial charge in [-0.1, -0.05) is 11.8 Å². The molecule has 1 aromatic carbocycles. The van der Waals surface area contributed by atoms with Gasteiger partial charge in [-0.15, -0.1) is 0 Å². The molecule has 1 heterocycles. The second kappa shape index (κ2) is 7.97. The molecule has 26 heavy (non-hydrogen) atoms. The molecule has 1 amide bonds. The Labute approximate surface area is 155 Å². The molecule has 0 spiro atoms. The van der Waals surface area contributed by atoms with Crippen molar-refractivity contribution in [3.05, 3.63) is 56.8 Å². The smallest absolute Gasteiger partial charge is 0.269 e. The Morgan fingerprint density at radius 1 is 1.31 bits per heavy atom. The standard InChI is InChI=1S/C18H18N4O3S/c1-10-7-12(3)20-18(15(10)9-19)26-13(4)17(23)21-16-6-5-14(22(24)25)8-11(16)2/h5-8,13H,1-4H3,(H,21,23). The van der Waals surface area contributed by atoms with Gasteiger partial charge in [0.25, 0.3) is 5.69 Å². The Kier molecular flexibility index (Phi) is 5.95. The Hall–Kier alpha value is -2.92. The van der Waals surface area contributed by atoms with Crippen molar-refractivity contribution < 1.29 is 9.72 Å². The monoisotopic (exact) mass is 370 g/mol. The highest BCUT2D eigenvalue weighted by atomic mass is 32.2. The largest absolute Gasteiger partial charge is 0.325 e. The number of pyridine rings is 1. The first-order valence-electron chi connectivity index (χ1n) is 7.83. The molecule has 0 aliphatic rings. The average molecular weight is 370 g/mol. The maximum Gasteiger partial charge on any atom is 0.269 e. The van der Waals surface area contributed by atoms with E-state index in [0.717, 1.165) is 11.3 Å². The number of thioether (sulfide) groups is 1. The van der Waals surface area contributed by atoms with Crippen molar-refractivity contribution in [3.8, 4) is 6.07 Å². The minimum Gasteiger partial charge on any atom is -0.325 e. The van der Waals surface area contributed by atoms with Gasteiger partial charge in [0.1, 0.15) is 11.1 Å². The lowest BCUT2D eigenvalue weighted by atomic mass is 10.1. The van der Waals surface area contributed by atoms with Crippen LogP contribution in [-0.2, 0) is 4.79 Å². The molecule has 1 aromatic heterocycles. The van der Waals surface area contributed by atoms with E-state index in [4.69, 9.17) is 0 Å². The molecule has 1 unspecified atom stereocenters. The van der Waals surface area contributed by atoms with Crippen molar-refractivity contribution in [2.75, 3.05) is 5.32 Å². The molecular weight excluding hydrogens is 352 g/mol. The van der Waals surface area contributed by atoms with Gasteiger partial charge in [-0.25, -0.2) is 4.98 Å². The number of nitro groups is 1. The molecular formula is C18H18N4O3S. The van der Waals surface area contributed by atoms with Crippen LogP contribution in [0.15, 0.2) is 29.3 Å². The number of hydrogen-bond donors (Lipinski definition) is 1. The van der Waals surface area contributed by atoms with Gasteiger partial charge in [-0.3, -0.25) is 14.9 Å². The topological polar surface area (TPSA) is 109 Å². The van der Waals surface area contributed by atoms with Gasteiger partial charge in [0.2, 0.25) is 5.91 Å². The van der Waals surface area contributed by atoms with E-state index in [1.54, 1.807) is 13.8 Å². The van der Waals surface area contributed by atoms with Gasteiger partial charge in [-0.2, -0.15) is 5.26 Å². The van der Waals surface area contributed by atoms with Crippen LogP contribution in [0.25, 0.3) is 0 Å². The number of nitrogens with one attached hydrogen (secondary N) is 1. The minimum atomic E-state index is -0.495. The van der Waals surface area contributed by atoms with Gasteiger partial charge in [0.05, 0.1) is 15.7 Å². The summed E-state index contributed by atoms with van der Waals surface area (Å²) in [5.41, 5.74) is 3.16. The lowest BCUT2D eigenvalue weighted by molar-refractivity contribution is -0.384. The van der Waals surface area contributed by atoms with Gasteiger partial charge >= 0.3 is 0 Å². The maximum atomic E-state index is 12.5. The van der Waals surface area contributed by atoms with Crippen LogP contribution < -0.4 is 5.32 Å². The number of aromatic nitrogens is 1. The van der Waals surface area contributed by atoms with Gasteiger partial charge in [0, 0.05) is 23.5 Å². The lowest BCUT2D eigenvalue weighted by Crippen LogP contribution is -2.23. The normalized spacial score (nSPS) is 11.5. The molecule has 2 aromatic rings. The van der Waals surface area contributed by atoms with E-state index in [-0.39, 0.29) is 11.6 Å². The van der Waals surface area contributed by atoms with E-state index < -0.39 is 10.2 Å². The van der Waals surface area contributed by atoms with Crippen LogP contribution in [0.3, 0.4) is 0 Å². The SMILES string of the molecule is Cc1cc(C)c(C#N)c(SC(C)C(=O)Nc2ccc([N+](=O)[O-])cc2C)n1. The number of carbonyl (C=O) groups excluding carboxylic acids is 1. The molecule has 0 aliphatic heterocycles. The first-order valence-corrected chi connectivity index (χ1v) is 8.71. The van der Waals surface area contributed by atoms with Crippen LogP contribution in [-0.4, -0.2) is 21.1 Å². The number of hydrogen-bond acceptors (Lipinski definition) is 6. The van der Waals surface area contributed by atoms with E-state index in [0.29, 0.717) is 21.8 Å². The first kappa shape index (κ1) is 19.4. The third-order valence-corrected chi connectivity index (χ3v) is 4.85. The summed E-state index contributed by atoms with van der Waals surface area (Å²) < 4.78 is 0. The molecule has 8 heteroatoms. The third-order valence-electron chi connectivity index (χ3n) is 3.76. The highest BCUT2D eigenvalue weighted by Gasteiger charge is 2.20. The van der Waals surface area contributed by atoms with Crippen LogP contribution in [0.1, 0.15) is 29.3 Å². The summed E-state index contributed by atoms with van der Waals surface area (Å²) in [6.07, 6.45) is 0. The molecule has 0 fully saturated rings. The number of nitriles is 1. The molecule has 0 saturated carbocycles. The Morgan fingerprint density at radius 2 is 2.00 bits per heavy atom. The summed E-state index contributed by atoms with van der Waals surface area (Å²) in [6, 6.07) is 8.23. The fourth-order valence-corrected chi connectivity index (χ4v) is 3.40. The minimum absolute atomic E-state index is 0.0268. The number of nitro benzene ring substituents is 1. The molecule has 134 valence electrons. The van der Waals surface area contributed by atoms with E-state index in [2.05, 4.69) is 16.4 Å². The number of anilines is 1. The van der Waals surface area contributed by atoms with Crippen LogP contribution in [0, 0.1) is 42.2 Å². The van der Waals surface area contributed by atoms with Crippen LogP contribution >= 0.6 is 11.8 Å². The Balaban J connectivity index is 2.17. The van der Waals surface area contributed by atoms with Crippen molar-refractivity contribution in [2.24, 2.45) is 0 Å². The molecule has 0 saturated heterocycles. The van der Waals surface area contributed by atoms with E-state index in [1.807, 2.05) is 19.9 Å². The van der Waals surface area contributed by atoms with Gasteiger partial charge in [0.15, 0.2) is 0 Å². The van der Waals surface area contributed by atoms with E-state index in [1.165, 1.54) is 30.0 Å². The van der Waals surface area contributed by atoms with Gasteiger partial charge < -0.3 is 5.32 Å². The number of aryl methyl sites for hydroxylation is 3. The molecule has 1 atom stereocenters. The van der Waals surface area contributed by atoms with Crippen molar-refractivity contribution >= 4 is 29.0 Å². The molecule has 0 bridgehead atoms. The number of non-ortho nitro benzene ring substituents is 1.